The summed E-state index contributed by atoms with van der Waals surface area (Å²) < 4.78 is 13.2. The second-order valence-corrected chi connectivity index (χ2v) is 5.20. The summed E-state index contributed by atoms with van der Waals surface area (Å²) in [6.07, 6.45) is 0. The van der Waals surface area contributed by atoms with Gasteiger partial charge < -0.3 is 0 Å². The second kappa shape index (κ2) is 5.60. The number of nitrogens with zero attached hydrogens (tertiary/aromatic N) is 4. The molecule has 3 aromatic rings. The molecular weight excluding hydrogens is 279 g/mol. The number of aromatic nitrogens is 4. The van der Waals surface area contributed by atoms with Gasteiger partial charge in [-0.05, 0) is 57.2 Å². The van der Waals surface area contributed by atoms with Crippen LogP contribution < -0.4 is 0 Å². The lowest BCUT2D eigenvalue weighted by Crippen LogP contribution is -2.00. The van der Waals surface area contributed by atoms with Crippen LogP contribution in [-0.4, -0.2) is 20.2 Å². The Labute approximate surface area is 128 Å². The number of benzene rings is 1. The third-order valence-electron chi connectivity index (χ3n) is 3.27. The molecule has 0 unspecified atom stereocenters. The van der Waals surface area contributed by atoms with E-state index in [4.69, 9.17) is 0 Å². The van der Waals surface area contributed by atoms with E-state index in [9.17, 15) is 4.39 Å². The second-order valence-electron chi connectivity index (χ2n) is 5.20. The third kappa shape index (κ3) is 2.83. The standard InChI is InChI=1S/C17H15FN4/c1-10-8-14(9-11(2)19-10)17-16(20-12(3)21-22-17)13-4-6-15(18)7-5-13/h4-9H,1-3H3. The van der Waals surface area contributed by atoms with Gasteiger partial charge in [-0.2, -0.15) is 0 Å². The average molecular weight is 294 g/mol. The van der Waals surface area contributed by atoms with E-state index >= 15 is 0 Å². The molecule has 0 bridgehead atoms. The maximum Gasteiger partial charge on any atom is 0.148 e. The van der Waals surface area contributed by atoms with Gasteiger partial charge in [-0.3, -0.25) is 4.98 Å². The average Bonchev–Trinajstić information content (AvgIpc) is 2.47. The van der Waals surface area contributed by atoms with Crippen molar-refractivity contribution in [1.29, 1.82) is 0 Å². The van der Waals surface area contributed by atoms with Crippen molar-refractivity contribution in [2.45, 2.75) is 20.8 Å². The van der Waals surface area contributed by atoms with Crippen molar-refractivity contribution in [2.75, 3.05) is 0 Å². The smallest absolute Gasteiger partial charge is 0.148 e. The molecule has 110 valence electrons. The molecule has 2 heterocycles. The van der Waals surface area contributed by atoms with Crippen LogP contribution in [0.1, 0.15) is 17.2 Å². The van der Waals surface area contributed by atoms with Crippen molar-refractivity contribution in [3.8, 4) is 22.5 Å². The Morgan fingerprint density at radius 1 is 0.727 bits per heavy atom. The third-order valence-corrected chi connectivity index (χ3v) is 3.27. The zero-order valence-electron chi connectivity index (χ0n) is 12.6. The van der Waals surface area contributed by atoms with Gasteiger partial charge in [0.1, 0.15) is 23.0 Å². The van der Waals surface area contributed by atoms with Crippen LogP contribution >= 0.6 is 0 Å². The van der Waals surface area contributed by atoms with Crippen LogP contribution in [0.25, 0.3) is 22.5 Å². The summed E-state index contributed by atoms with van der Waals surface area (Å²) in [7, 11) is 0. The van der Waals surface area contributed by atoms with Gasteiger partial charge in [0.15, 0.2) is 0 Å². The summed E-state index contributed by atoms with van der Waals surface area (Å²) in [4.78, 5) is 8.87. The van der Waals surface area contributed by atoms with Crippen molar-refractivity contribution in [1.82, 2.24) is 20.2 Å². The molecule has 5 heteroatoms. The Morgan fingerprint density at radius 3 is 2.00 bits per heavy atom. The monoisotopic (exact) mass is 294 g/mol. The number of aryl methyl sites for hydroxylation is 3. The van der Waals surface area contributed by atoms with Crippen LogP contribution in [0.3, 0.4) is 0 Å². The number of halogens is 1. The van der Waals surface area contributed by atoms with E-state index in [2.05, 4.69) is 20.2 Å². The zero-order chi connectivity index (χ0) is 15.7. The van der Waals surface area contributed by atoms with Crippen molar-refractivity contribution in [3.63, 3.8) is 0 Å². The summed E-state index contributed by atoms with van der Waals surface area (Å²) in [5, 5.41) is 8.36. The lowest BCUT2D eigenvalue weighted by Gasteiger charge is -2.09. The fraction of sp³-hybridized carbons (Fsp3) is 0.176. The van der Waals surface area contributed by atoms with Crippen LogP contribution in [0.5, 0.6) is 0 Å². The summed E-state index contributed by atoms with van der Waals surface area (Å²) >= 11 is 0. The summed E-state index contributed by atoms with van der Waals surface area (Å²) in [6, 6.07) is 10.1. The molecule has 0 amide bonds. The molecule has 0 fully saturated rings. The zero-order valence-corrected chi connectivity index (χ0v) is 12.6. The van der Waals surface area contributed by atoms with E-state index in [1.807, 2.05) is 26.0 Å². The molecular formula is C17H15FN4. The van der Waals surface area contributed by atoms with E-state index in [1.165, 1.54) is 12.1 Å². The molecule has 1 aromatic carbocycles. The molecule has 0 radical (unpaired) electrons. The van der Waals surface area contributed by atoms with E-state index < -0.39 is 0 Å². The van der Waals surface area contributed by atoms with Gasteiger partial charge in [-0.25, -0.2) is 9.37 Å². The molecule has 0 saturated heterocycles. The first-order valence-corrected chi connectivity index (χ1v) is 6.96. The van der Waals surface area contributed by atoms with Crippen molar-refractivity contribution in [3.05, 3.63) is 59.4 Å². The topological polar surface area (TPSA) is 51.6 Å². The first-order chi connectivity index (χ1) is 10.5. The maximum absolute atomic E-state index is 13.2. The molecule has 2 aromatic heterocycles. The predicted molar refractivity (Wildman–Crippen MR) is 82.7 cm³/mol. The van der Waals surface area contributed by atoms with E-state index in [1.54, 1.807) is 19.1 Å². The maximum atomic E-state index is 13.2. The SMILES string of the molecule is Cc1cc(-c2nnc(C)nc2-c2ccc(F)cc2)cc(C)n1. The molecule has 0 spiro atoms. The van der Waals surface area contributed by atoms with Crippen molar-refractivity contribution in [2.24, 2.45) is 0 Å². The predicted octanol–water partition coefficient (Wildman–Crippen LogP) is 3.66. The van der Waals surface area contributed by atoms with Gasteiger partial charge in [0.2, 0.25) is 0 Å². The molecule has 0 N–H and O–H groups in total. The lowest BCUT2D eigenvalue weighted by molar-refractivity contribution is 0.628. The van der Waals surface area contributed by atoms with E-state index in [0.29, 0.717) is 17.2 Å². The van der Waals surface area contributed by atoms with Crippen LogP contribution in [0.15, 0.2) is 36.4 Å². The Hall–Kier alpha value is -2.69. The normalized spacial score (nSPS) is 10.7. The van der Waals surface area contributed by atoms with Crippen LogP contribution in [0.4, 0.5) is 4.39 Å². The van der Waals surface area contributed by atoms with Crippen LogP contribution in [0, 0.1) is 26.6 Å². The lowest BCUT2D eigenvalue weighted by atomic mass is 10.0. The van der Waals surface area contributed by atoms with Gasteiger partial charge in [-0.1, -0.05) is 0 Å². The Morgan fingerprint density at radius 2 is 1.36 bits per heavy atom. The minimum atomic E-state index is -0.278. The highest BCUT2D eigenvalue weighted by Gasteiger charge is 2.13. The highest BCUT2D eigenvalue weighted by molar-refractivity contribution is 5.77. The largest absolute Gasteiger partial charge is 0.258 e. The fourth-order valence-electron chi connectivity index (χ4n) is 2.38. The highest BCUT2D eigenvalue weighted by Crippen LogP contribution is 2.29. The first-order valence-electron chi connectivity index (χ1n) is 6.96. The number of rotatable bonds is 2. The van der Waals surface area contributed by atoms with Gasteiger partial charge >= 0.3 is 0 Å². The molecule has 0 saturated carbocycles. The van der Waals surface area contributed by atoms with Crippen molar-refractivity contribution >= 4 is 0 Å². The highest BCUT2D eigenvalue weighted by atomic mass is 19.1. The molecule has 22 heavy (non-hydrogen) atoms. The van der Waals surface area contributed by atoms with Crippen LogP contribution in [-0.2, 0) is 0 Å². The summed E-state index contributed by atoms with van der Waals surface area (Å²) in [5.41, 5.74) is 4.89. The van der Waals surface area contributed by atoms with Crippen LogP contribution in [0.2, 0.25) is 0 Å². The number of hydrogen-bond donors (Lipinski definition) is 0. The molecule has 0 aliphatic carbocycles. The molecule has 4 nitrogen and oxygen atoms in total. The molecule has 0 aliphatic rings. The Bertz CT molecular complexity index is 808. The minimum absolute atomic E-state index is 0.278. The van der Waals surface area contributed by atoms with Gasteiger partial charge in [0.05, 0.1) is 0 Å². The van der Waals surface area contributed by atoms with Gasteiger partial charge in [0, 0.05) is 22.5 Å². The van der Waals surface area contributed by atoms with E-state index in [0.717, 1.165) is 22.5 Å². The Balaban J connectivity index is 2.22. The fourth-order valence-corrected chi connectivity index (χ4v) is 2.38. The first kappa shape index (κ1) is 14.3. The van der Waals surface area contributed by atoms with Gasteiger partial charge in [0.25, 0.3) is 0 Å². The molecule has 0 atom stereocenters. The Kier molecular flexibility index (Phi) is 3.63. The molecule has 0 aliphatic heterocycles. The number of pyridine rings is 1. The van der Waals surface area contributed by atoms with Crippen molar-refractivity contribution < 1.29 is 4.39 Å². The summed E-state index contributed by atoms with van der Waals surface area (Å²) in [6.45, 7) is 5.65. The van der Waals surface area contributed by atoms with Gasteiger partial charge in [-0.15, -0.1) is 10.2 Å². The number of hydrogen-bond acceptors (Lipinski definition) is 4. The van der Waals surface area contributed by atoms with E-state index in [-0.39, 0.29) is 5.82 Å². The summed E-state index contributed by atoms with van der Waals surface area (Å²) in [5.74, 6) is 0.296. The quantitative estimate of drug-likeness (QED) is 0.723. The minimum Gasteiger partial charge on any atom is -0.258 e. The molecule has 3 rings (SSSR count).